The Balaban J connectivity index is 2.40. The third-order valence-electron chi connectivity index (χ3n) is 5.42. The summed E-state index contributed by atoms with van der Waals surface area (Å²) in [5.41, 5.74) is 3.25. The van der Waals surface area contributed by atoms with Crippen LogP contribution in [-0.2, 0) is 6.42 Å². The number of unbranched alkanes of at least 4 members (excludes halogenated alkanes) is 3. The molecule has 1 heteroatoms. The van der Waals surface area contributed by atoms with Gasteiger partial charge in [0.2, 0.25) is 0 Å². The number of hydrogen-bond donors (Lipinski definition) is 0. The predicted molar refractivity (Wildman–Crippen MR) is 104 cm³/mol. The second-order valence-corrected chi connectivity index (χ2v) is 20.2. The Bertz CT molecular complexity index is 465. The molecule has 0 N–H and O–H groups in total. The Morgan fingerprint density at radius 2 is 1.45 bits per heavy atom. The number of fused-ring (bicyclic) bond motifs is 1. The van der Waals surface area contributed by atoms with Crippen LogP contribution in [0.5, 0.6) is 0 Å². The van der Waals surface area contributed by atoms with Gasteiger partial charge in [-0.2, -0.15) is 0 Å². The standard InChI is InChI=1S/C9H7.3C4H9.Sn/c1-2-5-9-7-3-6-8(9)4-1;3*1-3-4-2;/h1-4,7H,6H2;3*1,3-4H2,2H3;. The van der Waals surface area contributed by atoms with E-state index in [4.69, 9.17) is 0 Å². The molecule has 22 heavy (non-hydrogen) atoms. The quantitative estimate of drug-likeness (QED) is 0.400. The molecular formula is C21H34Sn. The van der Waals surface area contributed by atoms with Crippen molar-refractivity contribution in [2.75, 3.05) is 0 Å². The maximum absolute atomic E-state index is 2.53. The first-order valence-electron chi connectivity index (χ1n) is 9.56. The molecule has 0 saturated carbocycles. The SMILES string of the molecule is CCC[CH2][Sn]([CH2]CCC)([CH2]CCC)[c]1cccc2c1C=CC2. The molecule has 0 fully saturated rings. The van der Waals surface area contributed by atoms with Gasteiger partial charge in [-0.25, -0.2) is 0 Å². The summed E-state index contributed by atoms with van der Waals surface area (Å²) in [6.45, 7) is 7.10. The van der Waals surface area contributed by atoms with Crippen molar-refractivity contribution in [1.29, 1.82) is 0 Å². The van der Waals surface area contributed by atoms with E-state index in [-0.39, 0.29) is 0 Å². The van der Waals surface area contributed by atoms with Gasteiger partial charge >= 0.3 is 142 Å². The predicted octanol–water partition coefficient (Wildman–Crippen LogP) is 6.31. The molecule has 0 spiro atoms. The first-order chi connectivity index (χ1) is 10.8. The Labute approximate surface area is 142 Å². The second-order valence-electron chi connectivity index (χ2n) is 7.08. The van der Waals surface area contributed by atoms with Crippen LogP contribution in [0.3, 0.4) is 0 Å². The van der Waals surface area contributed by atoms with Gasteiger partial charge in [-0.3, -0.25) is 0 Å². The van der Waals surface area contributed by atoms with E-state index < -0.39 is 18.4 Å². The summed E-state index contributed by atoms with van der Waals surface area (Å²) < 4.78 is 6.61. The summed E-state index contributed by atoms with van der Waals surface area (Å²) in [5, 5.41) is 0. The Hall–Kier alpha value is -0.241. The Morgan fingerprint density at radius 3 is 2.00 bits per heavy atom. The second kappa shape index (κ2) is 9.15. The fourth-order valence-corrected chi connectivity index (χ4v) is 21.0. The van der Waals surface area contributed by atoms with E-state index in [2.05, 4.69) is 51.1 Å². The van der Waals surface area contributed by atoms with Crippen molar-refractivity contribution in [1.82, 2.24) is 0 Å². The monoisotopic (exact) mass is 406 g/mol. The summed E-state index contributed by atoms with van der Waals surface area (Å²) in [6.07, 6.45) is 14.4. The van der Waals surface area contributed by atoms with Crippen molar-refractivity contribution in [2.24, 2.45) is 0 Å². The first kappa shape index (κ1) is 18.1. The van der Waals surface area contributed by atoms with E-state index in [1.54, 1.807) is 24.4 Å². The number of rotatable bonds is 10. The molecule has 122 valence electrons. The number of hydrogen-bond acceptors (Lipinski definition) is 0. The molecule has 0 atom stereocenters. The minimum absolute atomic E-state index is 1.17. The zero-order chi connectivity index (χ0) is 15.8. The van der Waals surface area contributed by atoms with Crippen molar-refractivity contribution >= 4 is 28.0 Å². The molecule has 0 aromatic heterocycles. The van der Waals surface area contributed by atoms with Crippen LogP contribution in [0, 0.1) is 0 Å². The molecule has 1 aromatic rings. The van der Waals surface area contributed by atoms with Crippen LogP contribution in [0.4, 0.5) is 0 Å². The van der Waals surface area contributed by atoms with Gasteiger partial charge in [0.15, 0.2) is 0 Å². The molecule has 0 amide bonds. The van der Waals surface area contributed by atoms with E-state index in [0.717, 1.165) is 0 Å². The molecule has 1 aromatic carbocycles. The van der Waals surface area contributed by atoms with Crippen molar-refractivity contribution in [3.05, 3.63) is 35.4 Å². The fourth-order valence-electron chi connectivity index (χ4n) is 4.08. The summed E-state index contributed by atoms with van der Waals surface area (Å²) in [7, 11) is 0. The van der Waals surface area contributed by atoms with Crippen LogP contribution in [-0.4, -0.2) is 18.4 Å². The fraction of sp³-hybridized carbons (Fsp3) is 0.619. The molecule has 2 rings (SSSR count). The van der Waals surface area contributed by atoms with Gasteiger partial charge in [0.05, 0.1) is 0 Å². The van der Waals surface area contributed by atoms with E-state index >= 15 is 0 Å². The van der Waals surface area contributed by atoms with E-state index in [1.807, 2.05) is 3.58 Å². The molecule has 0 unspecified atom stereocenters. The van der Waals surface area contributed by atoms with Crippen LogP contribution in [0.1, 0.15) is 70.4 Å². The van der Waals surface area contributed by atoms with Gasteiger partial charge in [0.1, 0.15) is 0 Å². The van der Waals surface area contributed by atoms with Gasteiger partial charge in [-0.1, -0.05) is 0 Å². The van der Waals surface area contributed by atoms with Gasteiger partial charge in [-0.05, 0) is 0 Å². The van der Waals surface area contributed by atoms with Crippen LogP contribution >= 0.6 is 0 Å². The molecule has 0 radical (unpaired) electrons. The third-order valence-corrected chi connectivity index (χ3v) is 21.1. The Kier molecular flexibility index (Phi) is 7.53. The molecular weight excluding hydrogens is 371 g/mol. The molecule has 0 heterocycles. The van der Waals surface area contributed by atoms with Crippen molar-refractivity contribution in [3.63, 3.8) is 0 Å². The molecule has 1 aliphatic carbocycles. The van der Waals surface area contributed by atoms with Crippen LogP contribution in [0.25, 0.3) is 6.08 Å². The van der Waals surface area contributed by atoms with Gasteiger partial charge < -0.3 is 0 Å². The van der Waals surface area contributed by atoms with Gasteiger partial charge in [0.25, 0.3) is 0 Å². The van der Waals surface area contributed by atoms with Crippen LogP contribution < -0.4 is 3.58 Å². The minimum atomic E-state index is -2.24. The molecule has 0 bridgehead atoms. The summed E-state index contributed by atoms with van der Waals surface area (Å²) in [5.74, 6) is 0. The summed E-state index contributed by atoms with van der Waals surface area (Å²) >= 11 is -2.24. The average Bonchev–Trinajstić information content (AvgIpc) is 3.03. The van der Waals surface area contributed by atoms with Gasteiger partial charge in [-0.15, -0.1) is 0 Å². The molecule has 0 nitrogen and oxygen atoms in total. The van der Waals surface area contributed by atoms with Crippen molar-refractivity contribution in [3.8, 4) is 0 Å². The van der Waals surface area contributed by atoms with Crippen molar-refractivity contribution in [2.45, 2.75) is 79.0 Å². The summed E-state index contributed by atoms with van der Waals surface area (Å²) in [6, 6.07) is 7.25. The van der Waals surface area contributed by atoms with Gasteiger partial charge in [0, 0.05) is 0 Å². The van der Waals surface area contributed by atoms with Crippen molar-refractivity contribution < 1.29 is 0 Å². The summed E-state index contributed by atoms with van der Waals surface area (Å²) in [4.78, 5) is 0. The zero-order valence-corrected chi connectivity index (χ0v) is 17.8. The van der Waals surface area contributed by atoms with Crippen LogP contribution in [0.2, 0.25) is 13.3 Å². The number of benzene rings is 1. The van der Waals surface area contributed by atoms with Crippen LogP contribution in [0.15, 0.2) is 24.3 Å². The normalized spacial score (nSPS) is 13.6. The zero-order valence-electron chi connectivity index (χ0n) is 15.0. The number of allylic oxidation sites excluding steroid dienone is 1. The topological polar surface area (TPSA) is 0 Å². The first-order valence-corrected chi connectivity index (χ1v) is 17.0. The Morgan fingerprint density at radius 1 is 0.864 bits per heavy atom. The molecule has 0 aliphatic heterocycles. The van der Waals surface area contributed by atoms with E-state index in [1.165, 1.54) is 44.9 Å². The average molecular weight is 405 g/mol. The molecule has 1 aliphatic rings. The molecule has 0 saturated heterocycles. The van der Waals surface area contributed by atoms with E-state index in [9.17, 15) is 0 Å². The van der Waals surface area contributed by atoms with E-state index in [0.29, 0.717) is 0 Å². The third kappa shape index (κ3) is 4.19. The maximum atomic E-state index is 2.53.